The molecule has 2 aliphatic rings. The zero-order valence-electron chi connectivity index (χ0n) is 12.2. The fourth-order valence-electron chi connectivity index (χ4n) is 3.32. The van der Waals surface area contributed by atoms with E-state index in [4.69, 9.17) is 4.74 Å². The second-order valence-electron chi connectivity index (χ2n) is 5.97. The molecule has 2 heterocycles. The van der Waals surface area contributed by atoms with Gasteiger partial charge in [-0.25, -0.2) is 0 Å². The first kappa shape index (κ1) is 14.4. The van der Waals surface area contributed by atoms with E-state index in [-0.39, 0.29) is 23.8 Å². The van der Waals surface area contributed by atoms with Gasteiger partial charge in [0, 0.05) is 6.54 Å². The first-order valence-electron chi connectivity index (χ1n) is 7.56. The highest BCUT2D eigenvalue weighted by Gasteiger charge is 2.43. The summed E-state index contributed by atoms with van der Waals surface area (Å²) in [5, 5.41) is 12.8. The number of carbonyl (C=O) groups excluding carboxylic acids is 1. The van der Waals surface area contributed by atoms with E-state index in [0.717, 1.165) is 37.9 Å². The minimum Gasteiger partial charge on any atom is -0.508 e. The number of nitrogens with zero attached hydrogens (tertiary/aromatic N) is 1. The summed E-state index contributed by atoms with van der Waals surface area (Å²) in [7, 11) is 0. The Labute approximate surface area is 124 Å². The van der Waals surface area contributed by atoms with Crippen LogP contribution in [0.1, 0.15) is 24.8 Å². The summed E-state index contributed by atoms with van der Waals surface area (Å²) in [5.41, 5.74) is 0.858. The quantitative estimate of drug-likeness (QED) is 0.861. The molecule has 1 aromatic carbocycles. The lowest BCUT2D eigenvalue weighted by atomic mass is 9.87. The van der Waals surface area contributed by atoms with Gasteiger partial charge in [0.15, 0.2) is 0 Å². The summed E-state index contributed by atoms with van der Waals surface area (Å²) in [4.78, 5) is 14.4. The van der Waals surface area contributed by atoms with Gasteiger partial charge in [-0.3, -0.25) is 4.79 Å². The molecule has 2 aliphatic heterocycles. The Morgan fingerprint density at radius 1 is 1.24 bits per heavy atom. The summed E-state index contributed by atoms with van der Waals surface area (Å²) in [5.74, 6) is 0.316. The molecule has 1 unspecified atom stereocenters. The van der Waals surface area contributed by atoms with Gasteiger partial charge in [0.2, 0.25) is 5.91 Å². The van der Waals surface area contributed by atoms with Crippen molar-refractivity contribution in [3.05, 3.63) is 29.8 Å². The number of benzene rings is 1. The summed E-state index contributed by atoms with van der Waals surface area (Å²) >= 11 is 0. The molecule has 114 valence electrons. The van der Waals surface area contributed by atoms with Crippen LogP contribution in [0, 0.1) is 0 Å². The van der Waals surface area contributed by atoms with Crippen molar-refractivity contribution in [3.8, 4) is 5.75 Å². The van der Waals surface area contributed by atoms with E-state index in [1.165, 1.54) is 0 Å². The number of phenolic OH excluding ortho intramolecular Hbond substituents is 1. The van der Waals surface area contributed by atoms with Crippen LogP contribution in [0.5, 0.6) is 5.75 Å². The van der Waals surface area contributed by atoms with Crippen LogP contribution in [0.3, 0.4) is 0 Å². The number of ether oxygens (including phenoxy) is 1. The number of hydrogen-bond donors (Lipinski definition) is 2. The molecule has 0 aromatic heterocycles. The lowest BCUT2D eigenvalue weighted by Gasteiger charge is -2.46. The fraction of sp³-hybridized carbons (Fsp3) is 0.562. The number of aromatic hydroxyl groups is 1. The molecule has 0 saturated carbocycles. The molecule has 0 radical (unpaired) electrons. The lowest BCUT2D eigenvalue weighted by molar-refractivity contribution is -0.160. The maximum Gasteiger partial charge on any atom is 0.249 e. The second-order valence-corrected chi connectivity index (χ2v) is 5.97. The SMILES string of the molecule is O=C1COCC2(CCCNCC2)N1Cc1ccc(O)cc1. The van der Waals surface area contributed by atoms with Crippen LogP contribution in [0.2, 0.25) is 0 Å². The van der Waals surface area contributed by atoms with Gasteiger partial charge >= 0.3 is 0 Å². The average molecular weight is 290 g/mol. The zero-order chi connectivity index (χ0) is 14.7. The van der Waals surface area contributed by atoms with Crippen LogP contribution < -0.4 is 5.32 Å². The highest BCUT2D eigenvalue weighted by molar-refractivity contribution is 5.79. The standard InChI is InChI=1S/C16H22N2O3/c19-14-4-2-13(3-5-14)10-18-15(20)11-21-12-16(18)6-1-8-17-9-7-16/h2-5,17,19H,1,6-12H2. The molecule has 5 heteroatoms. The van der Waals surface area contributed by atoms with Crippen molar-refractivity contribution in [1.82, 2.24) is 10.2 Å². The first-order chi connectivity index (χ1) is 10.2. The van der Waals surface area contributed by atoms with Crippen molar-refractivity contribution in [1.29, 1.82) is 0 Å². The van der Waals surface area contributed by atoms with Gasteiger partial charge in [-0.15, -0.1) is 0 Å². The Balaban J connectivity index is 1.83. The van der Waals surface area contributed by atoms with Gasteiger partial charge in [0.05, 0.1) is 12.1 Å². The Bertz CT molecular complexity index is 493. The maximum absolute atomic E-state index is 12.4. The van der Waals surface area contributed by atoms with Gasteiger partial charge in [0.25, 0.3) is 0 Å². The van der Waals surface area contributed by atoms with E-state index in [9.17, 15) is 9.90 Å². The van der Waals surface area contributed by atoms with Gasteiger partial charge in [0.1, 0.15) is 12.4 Å². The monoisotopic (exact) mass is 290 g/mol. The Morgan fingerprint density at radius 2 is 2.05 bits per heavy atom. The second kappa shape index (κ2) is 6.03. The van der Waals surface area contributed by atoms with Gasteiger partial charge in [-0.1, -0.05) is 12.1 Å². The van der Waals surface area contributed by atoms with Crippen molar-refractivity contribution < 1.29 is 14.6 Å². The summed E-state index contributed by atoms with van der Waals surface area (Å²) in [6.45, 7) is 3.31. The Kier molecular flexibility index (Phi) is 4.12. The molecule has 2 fully saturated rings. The van der Waals surface area contributed by atoms with Crippen molar-refractivity contribution >= 4 is 5.91 Å². The van der Waals surface area contributed by atoms with Crippen molar-refractivity contribution in [3.63, 3.8) is 0 Å². The highest BCUT2D eigenvalue weighted by atomic mass is 16.5. The predicted octanol–water partition coefficient (Wildman–Crippen LogP) is 1.26. The molecule has 3 rings (SSSR count). The first-order valence-corrected chi connectivity index (χ1v) is 7.56. The third kappa shape index (κ3) is 3.04. The van der Waals surface area contributed by atoms with E-state index < -0.39 is 0 Å². The molecule has 1 aromatic rings. The molecule has 1 atom stereocenters. The van der Waals surface area contributed by atoms with Gasteiger partial charge in [-0.2, -0.15) is 0 Å². The molecule has 5 nitrogen and oxygen atoms in total. The van der Waals surface area contributed by atoms with E-state index in [0.29, 0.717) is 13.2 Å². The number of phenols is 1. The number of carbonyl (C=O) groups is 1. The fourth-order valence-corrected chi connectivity index (χ4v) is 3.32. The summed E-state index contributed by atoms with van der Waals surface area (Å²) < 4.78 is 5.56. The number of amides is 1. The van der Waals surface area contributed by atoms with Crippen molar-refractivity contribution in [2.45, 2.75) is 31.3 Å². The van der Waals surface area contributed by atoms with Crippen LogP contribution in [-0.2, 0) is 16.1 Å². The number of hydrogen-bond acceptors (Lipinski definition) is 4. The van der Waals surface area contributed by atoms with E-state index in [1.807, 2.05) is 17.0 Å². The lowest BCUT2D eigenvalue weighted by Crippen LogP contribution is -2.59. The van der Waals surface area contributed by atoms with Crippen LogP contribution in [0.15, 0.2) is 24.3 Å². The summed E-state index contributed by atoms with van der Waals surface area (Å²) in [6, 6.07) is 7.09. The topological polar surface area (TPSA) is 61.8 Å². The van der Waals surface area contributed by atoms with Crippen LogP contribution in [0.4, 0.5) is 0 Å². The third-order valence-corrected chi connectivity index (χ3v) is 4.51. The normalized spacial score (nSPS) is 26.9. The van der Waals surface area contributed by atoms with Gasteiger partial charge in [-0.05, 0) is 50.0 Å². The molecule has 1 spiro atoms. The number of nitrogens with one attached hydrogen (secondary N) is 1. The average Bonchev–Trinajstić information content (AvgIpc) is 2.72. The van der Waals surface area contributed by atoms with Gasteiger partial charge < -0.3 is 20.1 Å². The smallest absolute Gasteiger partial charge is 0.249 e. The molecule has 0 aliphatic carbocycles. The van der Waals surface area contributed by atoms with E-state index >= 15 is 0 Å². The Hall–Kier alpha value is -1.59. The van der Waals surface area contributed by atoms with E-state index in [1.54, 1.807) is 12.1 Å². The maximum atomic E-state index is 12.4. The van der Waals surface area contributed by atoms with Crippen LogP contribution in [0.25, 0.3) is 0 Å². The molecular weight excluding hydrogens is 268 g/mol. The van der Waals surface area contributed by atoms with Crippen LogP contribution in [-0.4, -0.2) is 47.8 Å². The third-order valence-electron chi connectivity index (χ3n) is 4.51. The van der Waals surface area contributed by atoms with Crippen molar-refractivity contribution in [2.24, 2.45) is 0 Å². The predicted molar refractivity (Wildman–Crippen MR) is 78.9 cm³/mol. The molecule has 1 amide bonds. The minimum atomic E-state index is -0.184. The molecule has 2 N–H and O–H groups in total. The van der Waals surface area contributed by atoms with Crippen molar-refractivity contribution in [2.75, 3.05) is 26.3 Å². The highest BCUT2D eigenvalue weighted by Crippen LogP contribution is 2.32. The minimum absolute atomic E-state index is 0.0659. The largest absolute Gasteiger partial charge is 0.508 e. The number of rotatable bonds is 2. The molecular formula is C16H22N2O3. The molecule has 21 heavy (non-hydrogen) atoms. The molecule has 2 saturated heterocycles. The Morgan fingerprint density at radius 3 is 2.86 bits per heavy atom. The van der Waals surface area contributed by atoms with E-state index in [2.05, 4.69) is 5.32 Å². The zero-order valence-corrected chi connectivity index (χ0v) is 12.2. The molecule has 0 bridgehead atoms. The number of morpholine rings is 1. The van der Waals surface area contributed by atoms with Crippen LogP contribution >= 0.6 is 0 Å². The summed E-state index contributed by atoms with van der Waals surface area (Å²) in [6.07, 6.45) is 2.96.